The van der Waals surface area contributed by atoms with Crippen molar-refractivity contribution in [3.05, 3.63) is 48.0 Å². The van der Waals surface area contributed by atoms with Crippen molar-refractivity contribution >= 4 is 5.97 Å². The molecule has 0 aliphatic rings. The molecule has 0 fully saturated rings. The molecule has 0 bridgehead atoms. The Kier molecular flexibility index (Phi) is 5.43. The number of carbonyl (C=O) groups is 1. The molecule has 3 heteroatoms. The van der Waals surface area contributed by atoms with Crippen molar-refractivity contribution in [1.82, 2.24) is 0 Å². The molecule has 0 saturated carbocycles. The van der Waals surface area contributed by atoms with Crippen molar-refractivity contribution in [2.75, 3.05) is 7.11 Å². The summed E-state index contributed by atoms with van der Waals surface area (Å²) in [5, 5.41) is 9.95. The highest BCUT2D eigenvalue weighted by atomic mass is 16.5. The van der Waals surface area contributed by atoms with E-state index < -0.39 is 12.1 Å². The van der Waals surface area contributed by atoms with Gasteiger partial charge in [0.2, 0.25) is 0 Å². The minimum Gasteiger partial charge on any atom is -0.466 e. The van der Waals surface area contributed by atoms with Gasteiger partial charge in [-0.15, -0.1) is 0 Å². The van der Waals surface area contributed by atoms with Gasteiger partial charge in [0.05, 0.1) is 13.2 Å². The number of aliphatic hydroxyl groups excluding tert-OH is 1. The van der Waals surface area contributed by atoms with Crippen LogP contribution in [0.2, 0.25) is 0 Å². The number of esters is 1. The Morgan fingerprint density at radius 1 is 1.41 bits per heavy atom. The second kappa shape index (κ2) is 6.86. The van der Waals surface area contributed by atoms with Crippen molar-refractivity contribution < 1.29 is 14.6 Å². The first kappa shape index (κ1) is 13.5. The van der Waals surface area contributed by atoms with E-state index in [9.17, 15) is 9.90 Å². The van der Waals surface area contributed by atoms with E-state index >= 15 is 0 Å². The lowest BCUT2D eigenvalue weighted by Crippen LogP contribution is -2.19. The Balaban J connectivity index is 2.50. The molecule has 0 saturated heterocycles. The fourth-order valence-electron chi connectivity index (χ4n) is 1.47. The van der Waals surface area contributed by atoms with Crippen LogP contribution >= 0.6 is 0 Å². The van der Waals surface area contributed by atoms with Gasteiger partial charge in [-0.05, 0) is 12.0 Å². The number of benzene rings is 1. The number of aliphatic hydroxyl groups is 1. The summed E-state index contributed by atoms with van der Waals surface area (Å²) in [5.74, 6) is -0.488. The van der Waals surface area contributed by atoms with Crippen LogP contribution in [0.3, 0.4) is 0 Å². The average molecular weight is 234 g/mol. The van der Waals surface area contributed by atoms with Gasteiger partial charge in [-0.25, -0.2) is 4.79 Å². The zero-order valence-electron chi connectivity index (χ0n) is 10.2. The molecular weight excluding hydrogens is 216 g/mol. The zero-order valence-corrected chi connectivity index (χ0v) is 10.2. The molecule has 0 aliphatic heterocycles. The fraction of sp³-hybridized carbons (Fsp3) is 0.357. The highest BCUT2D eigenvalue weighted by Crippen LogP contribution is 2.11. The van der Waals surface area contributed by atoms with Crippen molar-refractivity contribution in [3.63, 3.8) is 0 Å². The Morgan fingerprint density at radius 3 is 2.65 bits per heavy atom. The van der Waals surface area contributed by atoms with Gasteiger partial charge in [0, 0.05) is 12.0 Å². The van der Waals surface area contributed by atoms with E-state index in [2.05, 4.69) is 4.74 Å². The summed E-state index contributed by atoms with van der Waals surface area (Å²) < 4.78 is 4.49. The number of hydrogen-bond donors (Lipinski definition) is 1. The summed E-state index contributed by atoms with van der Waals surface area (Å²) in [7, 11) is 1.33. The normalized spacial score (nSPS) is 14.5. The third kappa shape index (κ3) is 4.83. The highest BCUT2D eigenvalue weighted by molar-refractivity contribution is 5.81. The molecule has 0 radical (unpaired) electrons. The molecule has 92 valence electrons. The highest BCUT2D eigenvalue weighted by Gasteiger charge is 2.12. The third-order valence-electron chi connectivity index (χ3n) is 2.63. The monoisotopic (exact) mass is 234 g/mol. The Hall–Kier alpha value is -1.61. The second-order valence-corrected chi connectivity index (χ2v) is 4.00. The Labute approximate surface area is 102 Å². The van der Waals surface area contributed by atoms with Gasteiger partial charge >= 0.3 is 5.97 Å². The second-order valence-electron chi connectivity index (χ2n) is 4.00. The smallest absolute Gasteiger partial charge is 0.330 e. The first-order chi connectivity index (χ1) is 8.13. The molecule has 3 nitrogen and oxygen atoms in total. The van der Waals surface area contributed by atoms with Crippen LogP contribution in [0.25, 0.3) is 0 Å². The van der Waals surface area contributed by atoms with Gasteiger partial charge in [-0.3, -0.25) is 0 Å². The molecule has 0 aromatic heterocycles. The van der Waals surface area contributed by atoms with Crippen molar-refractivity contribution in [2.45, 2.75) is 19.4 Å². The molecule has 0 spiro atoms. The quantitative estimate of drug-likeness (QED) is 0.625. The molecule has 1 rings (SSSR count). The Morgan fingerprint density at radius 2 is 2.06 bits per heavy atom. The summed E-state index contributed by atoms with van der Waals surface area (Å²) in [4.78, 5) is 10.9. The molecule has 1 aromatic carbocycles. The van der Waals surface area contributed by atoms with Gasteiger partial charge in [-0.1, -0.05) is 43.3 Å². The third-order valence-corrected chi connectivity index (χ3v) is 2.63. The molecular formula is C14H18O3. The number of methoxy groups -OCH3 is 1. The van der Waals surface area contributed by atoms with Crippen LogP contribution in [0, 0.1) is 5.92 Å². The number of carbonyl (C=O) groups excluding carboxylic acids is 1. The molecule has 0 aliphatic carbocycles. The molecule has 17 heavy (non-hydrogen) atoms. The summed E-state index contributed by atoms with van der Waals surface area (Å²) in [6.45, 7) is 1.87. The zero-order chi connectivity index (χ0) is 12.7. The summed E-state index contributed by atoms with van der Waals surface area (Å²) >= 11 is 0. The maximum absolute atomic E-state index is 10.9. The van der Waals surface area contributed by atoms with Gasteiger partial charge in [0.25, 0.3) is 0 Å². The van der Waals surface area contributed by atoms with Crippen molar-refractivity contribution in [1.29, 1.82) is 0 Å². The minimum atomic E-state index is -0.502. The summed E-state index contributed by atoms with van der Waals surface area (Å²) in [6, 6.07) is 9.77. The van der Waals surface area contributed by atoms with E-state index in [1.54, 1.807) is 6.08 Å². The van der Waals surface area contributed by atoms with Crippen LogP contribution in [0.1, 0.15) is 12.5 Å². The number of rotatable bonds is 5. The SMILES string of the molecule is COC(=O)/C=C/[C@@H](C)[C@H](O)Cc1ccccc1. The first-order valence-corrected chi connectivity index (χ1v) is 5.61. The number of ether oxygens (including phenoxy) is 1. The summed E-state index contributed by atoms with van der Waals surface area (Å²) in [5.41, 5.74) is 1.08. The standard InChI is InChI=1S/C14H18O3/c1-11(8-9-14(16)17-2)13(15)10-12-6-4-3-5-7-12/h3-9,11,13,15H,10H2,1-2H3/b9-8+/t11-,13-/m1/s1. The predicted molar refractivity (Wildman–Crippen MR) is 66.5 cm³/mol. The van der Waals surface area contributed by atoms with Gasteiger partial charge in [0.1, 0.15) is 0 Å². The van der Waals surface area contributed by atoms with Gasteiger partial charge < -0.3 is 9.84 Å². The topological polar surface area (TPSA) is 46.5 Å². The lowest BCUT2D eigenvalue weighted by molar-refractivity contribution is -0.134. The van der Waals surface area contributed by atoms with Gasteiger partial charge in [0.15, 0.2) is 0 Å². The van der Waals surface area contributed by atoms with Crippen LogP contribution in [0.4, 0.5) is 0 Å². The van der Waals surface area contributed by atoms with E-state index in [1.165, 1.54) is 13.2 Å². The molecule has 1 N–H and O–H groups in total. The molecule has 0 unspecified atom stereocenters. The van der Waals surface area contributed by atoms with E-state index in [4.69, 9.17) is 0 Å². The number of hydrogen-bond acceptors (Lipinski definition) is 3. The largest absolute Gasteiger partial charge is 0.466 e. The van der Waals surface area contributed by atoms with Crippen LogP contribution < -0.4 is 0 Å². The molecule has 0 heterocycles. The summed E-state index contributed by atoms with van der Waals surface area (Å²) in [6.07, 6.45) is 3.09. The lowest BCUT2D eigenvalue weighted by atomic mass is 9.97. The minimum absolute atomic E-state index is 0.0886. The predicted octanol–water partition coefficient (Wildman–Crippen LogP) is 1.96. The van der Waals surface area contributed by atoms with Crippen molar-refractivity contribution in [3.8, 4) is 0 Å². The first-order valence-electron chi connectivity index (χ1n) is 5.61. The van der Waals surface area contributed by atoms with Crippen LogP contribution in [-0.4, -0.2) is 24.3 Å². The van der Waals surface area contributed by atoms with E-state index in [0.29, 0.717) is 6.42 Å². The Bertz CT molecular complexity index is 370. The van der Waals surface area contributed by atoms with E-state index in [0.717, 1.165) is 5.56 Å². The van der Waals surface area contributed by atoms with Crippen LogP contribution in [-0.2, 0) is 16.0 Å². The average Bonchev–Trinajstić information content (AvgIpc) is 2.36. The maximum Gasteiger partial charge on any atom is 0.330 e. The van der Waals surface area contributed by atoms with E-state index in [1.807, 2.05) is 37.3 Å². The van der Waals surface area contributed by atoms with Crippen LogP contribution in [0.5, 0.6) is 0 Å². The van der Waals surface area contributed by atoms with Crippen molar-refractivity contribution in [2.24, 2.45) is 5.92 Å². The lowest BCUT2D eigenvalue weighted by Gasteiger charge is -2.15. The molecule has 1 aromatic rings. The van der Waals surface area contributed by atoms with Crippen LogP contribution in [0.15, 0.2) is 42.5 Å². The maximum atomic E-state index is 10.9. The molecule has 2 atom stereocenters. The molecule has 0 amide bonds. The fourth-order valence-corrected chi connectivity index (χ4v) is 1.47. The van der Waals surface area contributed by atoms with Gasteiger partial charge in [-0.2, -0.15) is 0 Å². The van der Waals surface area contributed by atoms with E-state index in [-0.39, 0.29) is 5.92 Å².